The van der Waals surface area contributed by atoms with E-state index in [4.69, 9.17) is 0 Å². The van der Waals surface area contributed by atoms with Gasteiger partial charge in [0.05, 0.1) is 11.9 Å². The first-order valence-electron chi connectivity index (χ1n) is 12.2. The third kappa shape index (κ3) is 8.06. The summed E-state index contributed by atoms with van der Waals surface area (Å²) in [5.41, 5.74) is 0.551. The molecule has 3 aromatic carbocycles. The summed E-state index contributed by atoms with van der Waals surface area (Å²) in [4.78, 5) is 28.3. The minimum Gasteiger partial charge on any atom is -0.352 e. The van der Waals surface area contributed by atoms with Crippen molar-refractivity contribution in [3.63, 3.8) is 0 Å². The molecule has 1 atom stereocenters. The van der Waals surface area contributed by atoms with E-state index in [0.717, 1.165) is 23.3 Å². The van der Waals surface area contributed by atoms with Crippen LogP contribution in [0.5, 0.6) is 0 Å². The molecule has 0 radical (unpaired) electrons. The fraction of sp³-hybridized carbons (Fsp3) is 0.286. The maximum absolute atomic E-state index is 14.7. The molecule has 0 saturated heterocycles. The van der Waals surface area contributed by atoms with Gasteiger partial charge < -0.3 is 10.2 Å². The van der Waals surface area contributed by atoms with Crippen LogP contribution in [0.3, 0.4) is 0 Å². The Bertz CT molecular complexity index is 1420. The molecule has 0 aliphatic heterocycles. The van der Waals surface area contributed by atoms with Crippen molar-refractivity contribution in [2.45, 2.75) is 38.9 Å². The Morgan fingerprint density at radius 1 is 0.872 bits per heavy atom. The highest BCUT2D eigenvalue weighted by Crippen LogP contribution is 2.23. The zero-order valence-electron chi connectivity index (χ0n) is 21.8. The summed E-state index contributed by atoms with van der Waals surface area (Å²) in [6.45, 7) is 2.31. The lowest BCUT2D eigenvalue weighted by atomic mass is 10.0. The van der Waals surface area contributed by atoms with Crippen LogP contribution in [0.15, 0.2) is 72.8 Å². The van der Waals surface area contributed by atoms with Gasteiger partial charge in [-0.3, -0.25) is 13.9 Å². The van der Waals surface area contributed by atoms with E-state index in [1.807, 2.05) is 0 Å². The van der Waals surface area contributed by atoms with Crippen molar-refractivity contribution in [3.8, 4) is 0 Å². The van der Waals surface area contributed by atoms with Gasteiger partial charge in [-0.2, -0.15) is 0 Å². The first-order chi connectivity index (χ1) is 18.4. The molecule has 0 fully saturated rings. The fourth-order valence-electron chi connectivity index (χ4n) is 4.00. The predicted octanol–water partition coefficient (Wildman–Crippen LogP) is 4.03. The number of nitrogens with one attached hydrogen (secondary N) is 1. The third-order valence-electron chi connectivity index (χ3n) is 5.87. The zero-order chi connectivity index (χ0) is 28.7. The molecular weight excluding hydrogens is 531 g/mol. The molecule has 0 aliphatic rings. The predicted molar refractivity (Wildman–Crippen MR) is 143 cm³/mol. The van der Waals surface area contributed by atoms with Gasteiger partial charge in [-0.15, -0.1) is 0 Å². The maximum Gasteiger partial charge on any atom is 0.244 e. The van der Waals surface area contributed by atoms with Gasteiger partial charge in [0.2, 0.25) is 21.8 Å². The van der Waals surface area contributed by atoms with Crippen LogP contribution in [0.2, 0.25) is 0 Å². The second-order valence-corrected chi connectivity index (χ2v) is 11.3. The highest BCUT2D eigenvalue weighted by Gasteiger charge is 2.33. The number of nitrogens with zero attached hydrogens (tertiary/aromatic N) is 2. The molecule has 0 saturated carbocycles. The van der Waals surface area contributed by atoms with Crippen LogP contribution in [-0.4, -0.2) is 50.0 Å². The molecule has 0 unspecified atom stereocenters. The molecule has 3 rings (SSSR count). The monoisotopic (exact) mass is 561 g/mol. The highest BCUT2D eigenvalue weighted by molar-refractivity contribution is 7.92. The van der Waals surface area contributed by atoms with E-state index >= 15 is 0 Å². The Morgan fingerprint density at radius 2 is 1.51 bits per heavy atom. The Labute approximate surface area is 226 Å². The normalized spacial score (nSPS) is 12.2. The van der Waals surface area contributed by atoms with Crippen LogP contribution < -0.4 is 9.62 Å². The molecule has 0 bridgehead atoms. The molecule has 0 spiro atoms. The number of anilines is 1. The standard InChI is InChI=1S/C28H30F3N3O4S/c1-19(2)32-28(36)26(15-20-9-5-4-6-10-20)33(17-21-11-7-8-12-23(21)29)27(35)18-34(39(3,37)38)22-13-14-24(30)25(31)16-22/h4-14,16,19,26H,15,17-18H2,1-3H3,(H,32,36)/t26-/m0/s1. The van der Waals surface area contributed by atoms with E-state index in [1.165, 1.54) is 18.2 Å². The van der Waals surface area contributed by atoms with Crippen molar-refractivity contribution >= 4 is 27.5 Å². The largest absolute Gasteiger partial charge is 0.352 e. The first-order valence-corrected chi connectivity index (χ1v) is 14.0. The van der Waals surface area contributed by atoms with Gasteiger partial charge in [-0.1, -0.05) is 48.5 Å². The number of carbonyl (C=O) groups is 2. The molecular formula is C28H30F3N3O4S. The van der Waals surface area contributed by atoms with Crippen LogP contribution in [0, 0.1) is 17.5 Å². The maximum atomic E-state index is 14.7. The van der Waals surface area contributed by atoms with E-state index in [9.17, 15) is 31.2 Å². The average molecular weight is 562 g/mol. The van der Waals surface area contributed by atoms with Gasteiger partial charge in [-0.05, 0) is 37.6 Å². The van der Waals surface area contributed by atoms with E-state index < -0.39 is 51.9 Å². The summed E-state index contributed by atoms with van der Waals surface area (Å²) in [7, 11) is -4.16. The second-order valence-electron chi connectivity index (χ2n) is 9.35. The lowest BCUT2D eigenvalue weighted by molar-refractivity contribution is -0.140. The fourth-order valence-corrected chi connectivity index (χ4v) is 4.84. The molecule has 7 nitrogen and oxygen atoms in total. The van der Waals surface area contributed by atoms with Crippen LogP contribution >= 0.6 is 0 Å². The Balaban J connectivity index is 2.08. The van der Waals surface area contributed by atoms with Crippen LogP contribution in [0.4, 0.5) is 18.9 Å². The highest BCUT2D eigenvalue weighted by atomic mass is 32.2. The summed E-state index contributed by atoms with van der Waals surface area (Å²) in [6.07, 6.45) is 0.874. The minimum atomic E-state index is -4.16. The van der Waals surface area contributed by atoms with Crippen LogP contribution in [0.1, 0.15) is 25.0 Å². The summed E-state index contributed by atoms with van der Waals surface area (Å²) >= 11 is 0. The average Bonchev–Trinajstić information content (AvgIpc) is 2.87. The lowest BCUT2D eigenvalue weighted by Crippen LogP contribution is -2.54. The Kier molecular flexibility index (Phi) is 9.74. The van der Waals surface area contributed by atoms with Crippen molar-refractivity contribution in [3.05, 3.63) is 101 Å². The molecule has 0 heterocycles. The molecule has 208 valence electrons. The number of carbonyl (C=O) groups excluding carboxylic acids is 2. The third-order valence-corrected chi connectivity index (χ3v) is 7.01. The number of halogens is 3. The van der Waals surface area contributed by atoms with Gasteiger partial charge in [0.1, 0.15) is 18.4 Å². The smallest absolute Gasteiger partial charge is 0.244 e. The van der Waals surface area contributed by atoms with Crippen molar-refractivity contribution < 1.29 is 31.2 Å². The molecule has 0 aliphatic carbocycles. The SMILES string of the molecule is CC(C)NC(=O)[C@H](Cc1ccccc1)N(Cc1ccccc1F)C(=O)CN(c1ccc(F)c(F)c1)S(C)(=O)=O. The zero-order valence-corrected chi connectivity index (χ0v) is 22.6. The van der Waals surface area contributed by atoms with Crippen LogP contribution in [0.25, 0.3) is 0 Å². The molecule has 1 N–H and O–H groups in total. The molecule has 0 aromatic heterocycles. The van der Waals surface area contributed by atoms with Crippen molar-refractivity contribution in [2.24, 2.45) is 0 Å². The van der Waals surface area contributed by atoms with Crippen molar-refractivity contribution in [1.82, 2.24) is 10.2 Å². The second kappa shape index (κ2) is 12.8. The Hall–Kier alpha value is -3.86. The van der Waals surface area contributed by atoms with Gasteiger partial charge >= 0.3 is 0 Å². The van der Waals surface area contributed by atoms with E-state index in [-0.39, 0.29) is 30.3 Å². The molecule has 2 amide bonds. The van der Waals surface area contributed by atoms with Crippen molar-refractivity contribution in [2.75, 3.05) is 17.1 Å². The summed E-state index contributed by atoms with van der Waals surface area (Å²) < 4.78 is 68.1. The van der Waals surface area contributed by atoms with Gasteiger partial charge in [0.25, 0.3) is 0 Å². The quantitative estimate of drug-likeness (QED) is 0.383. The number of benzene rings is 3. The molecule has 3 aromatic rings. The summed E-state index contributed by atoms with van der Waals surface area (Å²) in [5, 5.41) is 2.78. The van der Waals surface area contributed by atoms with Gasteiger partial charge in [0, 0.05) is 30.6 Å². The number of rotatable bonds is 11. The van der Waals surface area contributed by atoms with Gasteiger partial charge in [-0.25, -0.2) is 21.6 Å². The minimum absolute atomic E-state index is 0.0592. The van der Waals surface area contributed by atoms with E-state index in [1.54, 1.807) is 50.2 Å². The lowest BCUT2D eigenvalue weighted by Gasteiger charge is -2.34. The summed E-state index contributed by atoms with van der Waals surface area (Å²) in [5.74, 6) is -4.45. The van der Waals surface area contributed by atoms with Crippen molar-refractivity contribution in [1.29, 1.82) is 0 Å². The van der Waals surface area contributed by atoms with E-state index in [0.29, 0.717) is 15.9 Å². The number of hydrogen-bond acceptors (Lipinski definition) is 4. The summed E-state index contributed by atoms with van der Waals surface area (Å²) in [6, 6.07) is 15.6. The Morgan fingerprint density at radius 3 is 2.10 bits per heavy atom. The first kappa shape index (κ1) is 29.7. The van der Waals surface area contributed by atoms with E-state index in [2.05, 4.69) is 5.32 Å². The molecule has 11 heteroatoms. The number of hydrogen-bond donors (Lipinski definition) is 1. The molecule has 39 heavy (non-hydrogen) atoms. The topological polar surface area (TPSA) is 86.8 Å². The number of amides is 2. The van der Waals surface area contributed by atoms with Crippen LogP contribution in [-0.2, 0) is 32.6 Å². The van der Waals surface area contributed by atoms with Gasteiger partial charge in [0.15, 0.2) is 11.6 Å². The number of sulfonamides is 1.